The number of nitrogens with one attached hydrogen (secondary N) is 2. The van der Waals surface area contributed by atoms with Crippen LogP contribution in [0.25, 0.3) is 0 Å². The third-order valence-corrected chi connectivity index (χ3v) is 7.37. The number of nitriles is 1. The summed E-state index contributed by atoms with van der Waals surface area (Å²) in [6.07, 6.45) is 4.38. The molecule has 1 aromatic rings. The lowest BCUT2D eigenvalue weighted by Crippen LogP contribution is -2.66. The molecule has 0 spiro atoms. The van der Waals surface area contributed by atoms with Crippen LogP contribution in [0.4, 0.5) is 4.79 Å². The van der Waals surface area contributed by atoms with Crippen molar-refractivity contribution in [1.82, 2.24) is 10.6 Å². The number of benzene rings is 1. The van der Waals surface area contributed by atoms with Crippen molar-refractivity contribution in [3.8, 4) is 6.07 Å². The zero-order chi connectivity index (χ0) is 23.9. The minimum Gasteiger partial charge on any atom is -0.444 e. The van der Waals surface area contributed by atoms with Gasteiger partial charge >= 0.3 is 6.09 Å². The van der Waals surface area contributed by atoms with Crippen molar-refractivity contribution in [1.29, 1.82) is 5.26 Å². The first-order chi connectivity index (χ1) is 15.5. The smallest absolute Gasteiger partial charge is 0.408 e. The van der Waals surface area contributed by atoms with E-state index in [1.807, 2.05) is 30.3 Å². The summed E-state index contributed by atoms with van der Waals surface area (Å²) in [7, 11) is 0. The van der Waals surface area contributed by atoms with Crippen LogP contribution >= 0.6 is 0 Å². The Kier molecular flexibility index (Phi) is 6.17. The van der Waals surface area contributed by atoms with E-state index in [0.29, 0.717) is 24.7 Å². The molecule has 0 saturated heterocycles. The second-order valence-electron chi connectivity index (χ2n) is 11.5. The molecule has 0 aromatic heterocycles. The Morgan fingerprint density at radius 3 is 2.33 bits per heavy atom. The number of carbonyl (C=O) groups is 2. The van der Waals surface area contributed by atoms with Gasteiger partial charge in [-0.3, -0.25) is 4.79 Å². The minimum atomic E-state index is -0.864. The Balaban J connectivity index is 1.57. The van der Waals surface area contributed by atoms with Crippen LogP contribution in [0.15, 0.2) is 30.3 Å². The average molecular weight is 454 g/mol. The number of rotatable bonds is 6. The first-order valence-corrected chi connectivity index (χ1v) is 12.0. The fourth-order valence-electron chi connectivity index (χ4n) is 6.78. The second kappa shape index (κ2) is 8.64. The Hall–Kier alpha value is -2.59. The highest BCUT2D eigenvalue weighted by Crippen LogP contribution is 2.62. The van der Waals surface area contributed by atoms with Crippen molar-refractivity contribution in [2.24, 2.45) is 17.3 Å². The first-order valence-electron chi connectivity index (χ1n) is 12.0. The van der Waals surface area contributed by atoms with Gasteiger partial charge in [-0.05, 0) is 76.7 Å². The van der Waals surface area contributed by atoms with Gasteiger partial charge < -0.3 is 20.5 Å². The zero-order valence-electron chi connectivity index (χ0n) is 19.8. The SMILES string of the molecule is CC(C)(C)OC(=O)N[C@@H](C(=O)N[C@@H](C#N)Cc1ccccc1)C12CC3CC(CC(O)(C3)C1)C2. The van der Waals surface area contributed by atoms with Crippen molar-refractivity contribution in [2.75, 3.05) is 0 Å². The summed E-state index contributed by atoms with van der Waals surface area (Å²) in [5.74, 6) is 0.319. The highest BCUT2D eigenvalue weighted by molar-refractivity contribution is 5.87. The zero-order valence-corrected chi connectivity index (χ0v) is 19.8. The fraction of sp³-hybridized carbons (Fsp3) is 0.654. The third kappa shape index (κ3) is 5.33. The van der Waals surface area contributed by atoms with Gasteiger partial charge in [0.05, 0.1) is 11.7 Å². The van der Waals surface area contributed by atoms with E-state index in [1.165, 1.54) is 0 Å². The second-order valence-corrected chi connectivity index (χ2v) is 11.5. The Morgan fingerprint density at radius 1 is 1.15 bits per heavy atom. The van der Waals surface area contributed by atoms with Gasteiger partial charge in [0.25, 0.3) is 0 Å². The van der Waals surface area contributed by atoms with Gasteiger partial charge in [0.2, 0.25) is 5.91 Å². The predicted octanol–water partition coefficient (Wildman–Crippen LogP) is 3.46. The lowest BCUT2D eigenvalue weighted by molar-refractivity contribution is -0.176. The van der Waals surface area contributed by atoms with Gasteiger partial charge in [0.1, 0.15) is 17.7 Å². The standard InChI is InChI=1S/C26H35N3O4/c1-24(2,3)33-23(31)29-21(22(30)28-20(15-27)10-17-7-5-4-6-8-17)25-11-18-9-19(12-25)14-26(32,13-18)16-25/h4-8,18-21,32H,9-14,16H2,1-3H3,(H,28,30)(H,29,31)/t18?,19?,20-,21+,25?,26?/m1/s1. The number of nitrogens with zero attached hydrogens (tertiary/aromatic N) is 1. The van der Waals surface area contributed by atoms with Gasteiger partial charge in [-0.15, -0.1) is 0 Å². The summed E-state index contributed by atoms with van der Waals surface area (Å²) in [4.78, 5) is 26.4. The number of alkyl carbamates (subject to hydrolysis) is 1. The fourth-order valence-corrected chi connectivity index (χ4v) is 6.78. The van der Waals surface area contributed by atoms with Crippen molar-refractivity contribution >= 4 is 12.0 Å². The molecule has 5 rings (SSSR count). The molecule has 3 N–H and O–H groups in total. The molecule has 178 valence electrons. The summed E-state index contributed by atoms with van der Waals surface area (Å²) in [6, 6.07) is 10.1. The number of amides is 2. The Labute approximate surface area is 195 Å². The molecular formula is C26H35N3O4. The van der Waals surface area contributed by atoms with Crippen molar-refractivity contribution in [3.05, 3.63) is 35.9 Å². The molecule has 0 radical (unpaired) electrons. The molecule has 2 amide bonds. The lowest BCUT2D eigenvalue weighted by Gasteiger charge is -2.61. The van der Waals surface area contributed by atoms with E-state index in [2.05, 4.69) is 16.7 Å². The maximum absolute atomic E-state index is 13.6. The van der Waals surface area contributed by atoms with Gasteiger partial charge in [-0.1, -0.05) is 30.3 Å². The summed E-state index contributed by atoms with van der Waals surface area (Å²) in [6.45, 7) is 5.34. The third-order valence-electron chi connectivity index (χ3n) is 7.37. The van der Waals surface area contributed by atoms with Crippen molar-refractivity contribution < 1.29 is 19.4 Å². The molecule has 4 atom stereocenters. The summed E-state index contributed by atoms with van der Waals surface area (Å²) in [5, 5.41) is 26.6. The molecular weight excluding hydrogens is 418 g/mol. The lowest BCUT2D eigenvalue weighted by atomic mass is 9.46. The summed E-state index contributed by atoms with van der Waals surface area (Å²) >= 11 is 0. The van der Waals surface area contributed by atoms with Crippen LogP contribution < -0.4 is 10.6 Å². The van der Waals surface area contributed by atoms with E-state index in [9.17, 15) is 20.0 Å². The Morgan fingerprint density at radius 2 is 1.79 bits per heavy atom. The topological polar surface area (TPSA) is 111 Å². The number of aliphatic hydroxyl groups is 1. The van der Waals surface area contributed by atoms with Crippen LogP contribution in [-0.4, -0.2) is 40.4 Å². The number of hydrogen-bond donors (Lipinski definition) is 3. The molecule has 2 unspecified atom stereocenters. The van der Waals surface area contributed by atoms with E-state index in [-0.39, 0.29) is 5.91 Å². The molecule has 4 aliphatic rings. The van der Waals surface area contributed by atoms with Crippen LogP contribution in [-0.2, 0) is 16.0 Å². The van der Waals surface area contributed by atoms with Gasteiger partial charge in [0, 0.05) is 11.8 Å². The maximum Gasteiger partial charge on any atom is 0.408 e. The van der Waals surface area contributed by atoms with E-state index < -0.39 is 34.8 Å². The van der Waals surface area contributed by atoms with Gasteiger partial charge in [0.15, 0.2) is 0 Å². The minimum absolute atomic E-state index is 0.350. The van der Waals surface area contributed by atoms with Crippen molar-refractivity contribution in [2.45, 2.75) is 89.0 Å². The highest BCUT2D eigenvalue weighted by atomic mass is 16.6. The molecule has 4 aliphatic carbocycles. The van der Waals surface area contributed by atoms with Crippen LogP contribution in [0.2, 0.25) is 0 Å². The van der Waals surface area contributed by atoms with Crippen molar-refractivity contribution in [3.63, 3.8) is 0 Å². The number of ether oxygens (including phenoxy) is 1. The molecule has 4 bridgehead atoms. The quantitative estimate of drug-likeness (QED) is 0.611. The van der Waals surface area contributed by atoms with E-state index in [0.717, 1.165) is 37.7 Å². The molecule has 33 heavy (non-hydrogen) atoms. The molecule has 7 nitrogen and oxygen atoms in total. The van der Waals surface area contributed by atoms with E-state index >= 15 is 0 Å². The molecule has 0 heterocycles. The molecule has 4 saturated carbocycles. The predicted molar refractivity (Wildman–Crippen MR) is 123 cm³/mol. The van der Waals surface area contributed by atoms with Gasteiger partial charge in [-0.2, -0.15) is 5.26 Å². The monoisotopic (exact) mass is 453 g/mol. The molecule has 1 aromatic carbocycles. The van der Waals surface area contributed by atoms with Crippen LogP contribution in [0, 0.1) is 28.6 Å². The van der Waals surface area contributed by atoms with Gasteiger partial charge in [-0.25, -0.2) is 4.79 Å². The molecule has 7 heteroatoms. The summed E-state index contributed by atoms with van der Waals surface area (Å²) in [5.41, 5.74) is -1.07. The highest BCUT2D eigenvalue weighted by Gasteiger charge is 2.61. The largest absolute Gasteiger partial charge is 0.444 e. The molecule has 0 aliphatic heterocycles. The Bertz CT molecular complexity index is 919. The summed E-state index contributed by atoms with van der Waals surface area (Å²) < 4.78 is 5.48. The van der Waals surface area contributed by atoms with Crippen LogP contribution in [0.1, 0.15) is 64.9 Å². The molecule has 4 fully saturated rings. The van der Waals surface area contributed by atoms with E-state index in [4.69, 9.17) is 4.74 Å². The normalized spacial score (nSPS) is 31.8. The first kappa shape index (κ1) is 23.6. The maximum atomic E-state index is 13.6. The van der Waals surface area contributed by atoms with Crippen LogP contribution in [0.3, 0.4) is 0 Å². The van der Waals surface area contributed by atoms with E-state index in [1.54, 1.807) is 20.8 Å². The number of hydrogen-bond acceptors (Lipinski definition) is 5. The number of carbonyl (C=O) groups excluding carboxylic acids is 2. The average Bonchev–Trinajstić information content (AvgIpc) is 2.69. The van der Waals surface area contributed by atoms with Crippen LogP contribution in [0.5, 0.6) is 0 Å².